The van der Waals surface area contributed by atoms with E-state index in [0.29, 0.717) is 13.2 Å². The first kappa shape index (κ1) is 12.3. The highest BCUT2D eigenvalue weighted by atomic mass is 16.5. The molecule has 1 aliphatic heterocycles. The molecule has 1 fully saturated rings. The number of benzene rings is 1. The Balaban J connectivity index is 1.89. The number of ether oxygens (including phenoxy) is 2. The van der Waals surface area contributed by atoms with Crippen LogP contribution >= 0.6 is 0 Å². The van der Waals surface area contributed by atoms with E-state index in [1.807, 2.05) is 18.2 Å². The zero-order valence-corrected chi connectivity index (χ0v) is 10.8. The van der Waals surface area contributed by atoms with Crippen molar-refractivity contribution in [2.45, 2.75) is 31.6 Å². The molecule has 102 valence electrons. The van der Waals surface area contributed by atoms with Gasteiger partial charge in [0, 0.05) is 6.42 Å². The predicted molar refractivity (Wildman–Crippen MR) is 69.8 cm³/mol. The molecule has 3 rings (SSSR count). The van der Waals surface area contributed by atoms with E-state index in [0.717, 1.165) is 42.7 Å². The third-order valence-corrected chi connectivity index (χ3v) is 4.03. The summed E-state index contributed by atoms with van der Waals surface area (Å²) in [7, 11) is 0. The minimum Gasteiger partial charge on any atom is -0.490 e. The molecule has 0 saturated heterocycles. The summed E-state index contributed by atoms with van der Waals surface area (Å²) >= 11 is 0. The quantitative estimate of drug-likeness (QED) is 0.890. The van der Waals surface area contributed by atoms with Crippen molar-refractivity contribution in [1.29, 1.82) is 0 Å². The minimum atomic E-state index is -0.686. The Kier molecular flexibility index (Phi) is 3.32. The van der Waals surface area contributed by atoms with Crippen molar-refractivity contribution >= 4 is 5.97 Å². The average molecular weight is 262 g/mol. The molecule has 4 nitrogen and oxygen atoms in total. The van der Waals surface area contributed by atoms with Gasteiger partial charge in [-0.2, -0.15) is 0 Å². The van der Waals surface area contributed by atoms with Gasteiger partial charge in [0.15, 0.2) is 11.5 Å². The molecular formula is C15H18O4. The van der Waals surface area contributed by atoms with Crippen molar-refractivity contribution in [3.63, 3.8) is 0 Å². The monoisotopic (exact) mass is 262 g/mol. The van der Waals surface area contributed by atoms with E-state index in [1.165, 1.54) is 0 Å². The molecule has 0 radical (unpaired) electrons. The number of hydrogen-bond donors (Lipinski definition) is 1. The molecule has 2 atom stereocenters. The highest BCUT2D eigenvalue weighted by Gasteiger charge is 2.34. The summed E-state index contributed by atoms with van der Waals surface area (Å²) in [5.41, 5.74) is 1.06. The first-order valence-electron chi connectivity index (χ1n) is 6.88. The van der Waals surface area contributed by atoms with Crippen LogP contribution in [0.3, 0.4) is 0 Å². The van der Waals surface area contributed by atoms with Gasteiger partial charge in [-0.25, -0.2) is 0 Å². The summed E-state index contributed by atoms with van der Waals surface area (Å²) in [5.74, 6) is 0.686. The lowest BCUT2D eigenvalue weighted by molar-refractivity contribution is -0.142. The van der Waals surface area contributed by atoms with Gasteiger partial charge in [-0.1, -0.05) is 12.5 Å². The third-order valence-electron chi connectivity index (χ3n) is 4.03. The van der Waals surface area contributed by atoms with Crippen molar-refractivity contribution in [1.82, 2.24) is 0 Å². The van der Waals surface area contributed by atoms with Crippen LogP contribution in [-0.2, 0) is 4.79 Å². The summed E-state index contributed by atoms with van der Waals surface area (Å²) in [6.45, 7) is 1.33. The van der Waals surface area contributed by atoms with Crippen LogP contribution < -0.4 is 9.47 Å². The first-order chi connectivity index (χ1) is 9.25. The number of carbonyl (C=O) groups is 1. The maximum atomic E-state index is 11.3. The van der Waals surface area contributed by atoms with Gasteiger partial charge in [0.2, 0.25) is 0 Å². The van der Waals surface area contributed by atoms with Gasteiger partial charge in [-0.3, -0.25) is 4.79 Å². The van der Waals surface area contributed by atoms with Crippen molar-refractivity contribution in [3.8, 4) is 11.5 Å². The van der Waals surface area contributed by atoms with Crippen LogP contribution in [0.5, 0.6) is 11.5 Å². The van der Waals surface area contributed by atoms with E-state index in [9.17, 15) is 9.90 Å². The molecule has 0 amide bonds. The second-order valence-electron chi connectivity index (χ2n) is 5.24. The molecule has 1 aliphatic carbocycles. The fraction of sp³-hybridized carbons (Fsp3) is 0.533. The van der Waals surface area contributed by atoms with E-state index in [1.54, 1.807) is 0 Å². The molecule has 0 bridgehead atoms. The summed E-state index contributed by atoms with van der Waals surface area (Å²) in [6, 6.07) is 5.86. The SMILES string of the molecule is O=C(O)C1CCCC1c1ccc2c(c1)OCCCO2. The van der Waals surface area contributed by atoms with Crippen molar-refractivity contribution in [3.05, 3.63) is 23.8 Å². The fourth-order valence-corrected chi connectivity index (χ4v) is 3.07. The van der Waals surface area contributed by atoms with Crippen LogP contribution in [0.25, 0.3) is 0 Å². The number of carboxylic acid groups (broad SMARTS) is 1. The Morgan fingerprint density at radius 3 is 2.68 bits per heavy atom. The van der Waals surface area contributed by atoms with Gasteiger partial charge < -0.3 is 14.6 Å². The van der Waals surface area contributed by atoms with Crippen molar-refractivity contribution in [2.24, 2.45) is 5.92 Å². The van der Waals surface area contributed by atoms with Crippen LogP contribution in [0.15, 0.2) is 18.2 Å². The van der Waals surface area contributed by atoms with Gasteiger partial charge in [-0.05, 0) is 36.5 Å². The maximum absolute atomic E-state index is 11.3. The van der Waals surface area contributed by atoms with Crippen LogP contribution in [-0.4, -0.2) is 24.3 Å². The van der Waals surface area contributed by atoms with Crippen LogP contribution in [0.2, 0.25) is 0 Å². The lowest BCUT2D eigenvalue weighted by Gasteiger charge is -2.17. The molecule has 1 N–H and O–H groups in total. The third kappa shape index (κ3) is 2.39. The molecule has 2 aliphatic rings. The topological polar surface area (TPSA) is 55.8 Å². The van der Waals surface area contributed by atoms with E-state index in [2.05, 4.69) is 0 Å². The average Bonchev–Trinajstić information content (AvgIpc) is 2.78. The minimum absolute atomic E-state index is 0.106. The maximum Gasteiger partial charge on any atom is 0.307 e. The zero-order valence-electron chi connectivity index (χ0n) is 10.8. The van der Waals surface area contributed by atoms with Gasteiger partial charge in [0.1, 0.15) is 0 Å². The molecule has 1 saturated carbocycles. The normalized spacial score (nSPS) is 25.9. The number of hydrogen-bond acceptors (Lipinski definition) is 3. The van der Waals surface area contributed by atoms with E-state index >= 15 is 0 Å². The highest BCUT2D eigenvalue weighted by molar-refractivity contribution is 5.72. The summed E-state index contributed by atoms with van der Waals surface area (Å²) in [4.78, 5) is 11.3. The van der Waals surface area contributed by atoms with Gasteiger partial charge in [0.05, 0.1) is 19.1 Å². The van der Waals surface area contributed by atoms with E-state index < -0.39 is 5.97 Å². The van der Waals surface area contributed by atoms with Gasteiger partial charge in [0.25, 0.3) is 0 Å². The second kappa shape index (κ2) is 5.11. The van der Waals surface area contributed by atoms with Crippen LogP contribution in [0, 0.1) is 5.92 Å². The highest BCUT2D eigenvalue weighted by Crippen LogP contribution is 2.42. The lowest BCUT2D eigenvalue weighted by atomic mass is 9.89. The molecule has 4 heteroatoms. The second-order valence-corrected chi connectivity index (χ2v) is 5.24. The molecule has 0 spiro atoms. The number of rotatable bonds is 2. The number of fused-ring (bicyclic) bond motifs is 1. The van der Waals surface area contributed by atoms with Gasteiger partial charge >= 0.3 is 5.97 Å². The standard InChI is InChI=1S/C15H18O4/c16-15(17)12-4-1-3-11(12)10-5-6-13-14(9-10)19-8-2-7-18-13/h5-6,9,11-12H,1-4,7-8H2,(H,16,17). The van der Waals surface area contributed by atoms with E-state index in [-0.39, 0.29) is 11.8 Å². The van der Waals surface area contributed by atoms with Gasteiger partial charge in [-0.15, -0.1) is 0 Å². The Labute approximate surface area is 112 Å². The van der Waals surface area contributed by atoms with Crippen molar-refractivity contribution in [2.75, 3.05) is 13.2 Å². The Bertz CT molecular complexity index is 483. The first-order valence-corrected chi connectivity index (χ1v) is 6.88. The van der Waals surface area contributed by atoms with Crippen molar-refractivity contribution < 1.29 is 19.4 Å². The smallest absolute Gasteiger partial charge is 0.307 e. The largest absolute Gasteiger partial charge is 0.490 e. The summed E-state index contributed by atoms with van der Waals surface area (Å²) in [6.07, 6.45) is 3.58. The van der Waals surface area contributed by atoms with Crippen LogP contribution in [0.1, 0.15) is 37.2 Å². The summed E-state index contributed by atoms with van der Waals surface area (Å²) < 4.78 is 11.3. The molecule has 19 heavy (non-hydrogen) atoms. The molecule has 1 aromatic rings. The number of aliphatic carboxylic acids is 1. The zero-order chi connectivity index (χ0) is 13.2. The van der Waals surface area contributed by atoms with E-state index in [4.69, 9.17) is 9.47 Å². The number of carboxylic acids is 1. The predicted octanol–water partition coefficient (Wildman–Crippen LogP) is 2.82. The lowest BCUT2D eigenvalue weighted by Crippen LogP contribution is -2.16. The molecule has 1 heterocycles. The fourth-order valence-electron chi connectivity index (χ4n) is 3.07. The molecule has 2 unspecified atom stereocenters. The Morgan fingerprint density at radius 2 is 1.89 bits per heavy atom. The molecule has 1 aromatic carbocycles. The molecule has 0 aromatic heterocycles. The van der Waals surface area contributed by atoms with Crippen LogP contribution in [0.4, 0.5) is 0 Å². The summed E-state index contributed by atoms with van der Waals surface area (Å²) in [5, 5.41) is 9.27. The Hall–Kier alpha value is -1.71. The Morgan fingerprint density at radius 1 is 1.11 bits per heavy atom. The molecular weight excluding hydrogens is 244 g/mol.